The van der Waals surface area contributed by atoms with E-state index in [-0.39, 0.29) is 15.4 Å². The maximum atomic E-state index is 10.9. The molecule has 1 aromatic carbocycles. The number of nitrogens with zero attached hydrogens (tertiary/aromatic N) is 1. The van der Waals surface area contributed by atoms with Gasteiger partial charge < -0.3 is 5.32 Å². The van der Waals surface area contributed by atoms with Crippen LogP contribution in [0.3, 0.4) is 0 Å². The van der Waals surface area contributed by atoms with Gasteiger partial charge in [0.15, 0.2) is 0 Å². The summed E-state index contributed by atoms with van der Waals surface area (Å²) < 4.78 is 0.261. The van der Waals surface area contributed by atoms with E-state index in [9.17, 15) is 10.1 Å². The molecule has 1 N–H and O–H groups in total. The predicted molar refractivity (Wildman–Crippen MR) is 76.4 cm³/mol. The number of thioether (sulfide) groups is 1. The summed E-state index contributed by atoms with van der Waals surface area (Å²) in [7, 11) is 0. The largest absolute Gasteiger partial charge is 0.383 e. The monoisotopic (exact) mass is 266 g/mol. The first-order valence-corrected chi connectivity index (χ1v) is 7.12. The van der Waals surface area contributed by atoms with Gasteiger partial charge in [0.05, 0.1) is 4.92 Å². The molecule has 0 saturated carbocycles. The molecule has 1 atom stereocenters. The number of hydrogen-bond donors (Lipinski definition) is 1. The van der Waals surface area contributed by atoms with Crippen LogP contribution in [0.1, 0.15) is 25.3 Å². The second kappa shape index (κ2) is 5.18. The van der Waals surface area contributed by atoms with Crippen molar-refractivity contribution in [3.8, 4) is 0 Å². The molecule has 0 bridgehead atoms. The summed E-state index contributed by atoms with van der Waals surface area (Å²) in [6, 6.07) is 5.19. The van der Waals surface area contributed by atoms with Crippen molar-refractivity contribution in [3.63, 3.8) is 0 Å². The molecule has 1 aromatic rings. The summed E-state index contributed by atoms with van der Waals surface area (Å²) >= 11 is 1.98. The molecule has 2 rings (SSSR count). The molecule has 0 radical (unpaired) electrons. The second-order valence-corrected chi connectivity index (χ2v) is 6.64. The van der Waals surface area contributed by atoms with Crippen molar-refractivity contribution in [2.75, 3.05) is 17.6 Å². The fourth-order valence-electron chi connectivity index (χ4n) is 2.27. The van der Waals surface area contributed by atoms with Crippen LogP contribution in [-0.4, -0.2) is 22.0 Å². The quantitative estimate of drug-likeness (QED) is 0.668. The van der Waals surface area contributed by atoms with E-state index in [1.165, 1.54) is 18.6 Å². The van der Waals surface area contributed by atoms with Gasteiger partial charge in [-0.1, -0.05) is 6.07 Å². The number of nitro groups is 1. The van der Waals surface area contributed by atoms with E-state index >= 15 is 0 Å². The molecule has 1 fully saturated rings. The van der Waals surface area contributed by atoms with Gasteiger partial charge in [-0.15, -0.1) is 0 Å². The summed E-state index contributed by atoms with van der Waals surface area (Å²) in [5.41, 5.74) is 1.77. The molecule has 4 nitrogen and oxygen atoms in total. The highest BCUT2D eigenvalue weighted by molar-refractivity contribution is 8.00. The maximum absolute atomic E-state index is 10.9. The van der Waals surface area contributed by atoms with Crippen LogP contribution in [-0.2, 0) is 0 Å². The first kappa shape index (κ1) is 13.2. The van der Waals surface area contributed by atoms with Crippen LogP contribution < -0.4 is 5.32 Å². The Morgan fingerprint density at radius 2 is 2.33 bits per heavy atom. The molecule has 1 saturated heterocycles. The van der Waals surface area contributed by atoms with Crippen LogP contribution in [0.2, 0.25) is 0 Å². The lowest BCUT2D eigenvalue weighted by Crippen LogP contribution is -2.27. The smallest absolute Gasteiger partial charge is 0.274 e. The maximum Gasteiger partial charge on any atom is 0.274 e. The third-order valence-corrected chi connectivity index (χ3v) is 4.99. The summed E-state index contributed by atoms with van der Waals surface area (Å²) in [6.07, 6.45) is 2.47. The summed E-state index contributed by atoms with van der Waals surface area (Å²) in [5.74, 6) is 1.21. The molecule has 0 spiro atoms. The van der Waals surface area contributed by atoms with Gasteiger partial charge in [-0.25, -0.2) is 0 Å². The van der Waals surface area contributed by atoms with Gasteiger partial charge in [-0.05, 0) is 38.5 Å². The van der Waals surface area contributed by atoms with E-state index in [0.717, 1.165) is 12.2 Å². The average Bonchev–Trinajstić information content (AvgIpc) is 2.75. The van der Waals surface area contributed by atoms with E-state index < -0.39 is 0 Å². The minimum atomic E-state index is -0.327. The third kappa shape index (κ3) is 2.77. The molecular formula is C13H18N2O2S. The molecule has 1 heterocycles. The fourth-order valence-corrected chi connectivity index (χ4v) is 3.52. The first-order chi connectivity index (χ1) is 8.52. The number of nitrogens with one attached hydrogen (secondary N) is 1. The molecule has 1 aliphatic heterocycles. The Morgan fingerprint density at radius 3 is 2.94 bits per heavy atom. The fraction of sp³-hybridized carbons (Fsp3) is 0.538. The van der Waals surface area contributed by atoms with Crippen molar-refractivity contribution in [3.05, 3.63) is 33.9 Å². The van der Waals surface area contributed by atoms with Crippen molar-refractivity contribution in [1.29, 1.82) is 0 Å². The standard InChI is InChI=1S/C13H18N2O2S/c1-10-11(5-3-6-12(10)15(16)17)14-9-13(2)7-4-8-18-13/h3,5-6,14H,4,7-9H2,1-2H3. The highest BCUT2D eigenvalue weighted by Crippen LogP contribution is 2.38. The summed E-state index contributed by atoms with van der Waals surface area (Å²) in [5, 5.41) is 14.2. The van der Waals surface area contributed by atoms with Crippen LogP contribution in [0, 0.1) is 17.0 Å². The van der Waals surface area contributed by atoms with E-state index in [4.69, 9.17) is 0 Å². The van der Waals surface area contributed by atoms with Crippen molar-refractivity contribution in [1.82, 2.24) is 0 Å². The zero-order valence-electron chi connectivity index (χ0n) is 10.7. The van der Waals surface area contributed by atoms with Gasteiger partial charge in [-0.2, -0.15) is 11.8 Å². The van der Waals surface area contributed by atoms with Gasteiger partial charge in [0, 0.05) is 28.6 Å². The van der Waals surface area contributed by atoms with Gasteiger partial charge in [-0.3, -0.25) is 10.1 Å². The molecular weight excluding hydrogens is 248 g/mol. The lowest BCUT2D eigenvalue weighted by atomic mass is 10.1. The van der Waals surface area contributed by atoms with Crippen molar-refractivity contribution in [2.45, 2.75) is 31.4 Å². The summed E-state index contributed by atoms with van der Waals surface area (Å²) in [4.78, 5) is 10.5. The number of hydrogen-bond acceptors (Lipinski definition) is 4. The van der Waals surface area contributed by atoms with Crippen LogP contribution >= 0.6 is 11.8 Å². The Hall–Kier alpha value is -1.23. The summed E-state index contributed by atoms with van der Waals surface area (Å²) in [6.45, 7) is 4.91. The number of benzene rings is 1. The normalized spacial score (nSPS) is 23.0. The highest BCUT2D eigenvalue weighted by Gasteiger charge is 2.29. The van der Waals surface area contributed by atoms with Crippen molar-refractivity contribution < 1.29 is 4.92 Å². The molecule has 1 aliphatic rings. The first-order valence-electron chi connectivity index (χ1n) is 6.14. The van der Waals surface area contributed by atoms with Crippen LogP contribution in [0.25, 0.3) is 0 Å². The SMILES string of the molecule is Cc1c(NCC2(C)CCCS2)cccc1[N+](=O)[O-]. The van der Waals surface area contributed by atoms with Gasteiger partial charge in [0.25, 0.3) is 5.69 Å². The minimum Gasteiger partial charge on any atom is -0.383 e. The van der Waals surface area contributed by atoms with E-state index in [2.05, 4.69) is 12.2 Å². The lowest BCUT2D eigenvalue weighted by Gasteiger charge is -2.24. The Morgan fingerprint density at radius 1 is 1.56 bits per heavy atom. The number of anilines is 1. The third-order valence-electron chi connectivity index (χ3n) is 3.46. The van der Waals surface area contributed by atoms with E-state index in [1.807, 2.05) is 17.8 Å². The predicted octanol–water partition coefficient (Wildman–Crippen LogP) is 3.60. The van der Waals surface area contributed by atoms with Gasteiger partial charge in [0.1, 0.15) is 0 Å². The van der Waals surface area contributed by atoms with Crippen LogP contribution in [0.4, 0.5) is 11.4 Å². The molecule has 5 heteroatoms. The Kier molecular flexibility index (Phi) is 3.80. The molecule has 1 unspecified atom stereocenters. The topological polar surface area (TPSA) is 55.2 Å². The lowest BCUT2D eigenvalue weighted by molar-refractivity contribution is -0.385. The average molecular weight is 266 g/mol. The zero-order chi connectivity index (χ0) is 13.2. The highest BCUT2D eigenvalue weighted by atomic mass is 32.2. The second-order valence-electron chi connectivity index (χ2n) is 4.96. The number of rotatable bonds is 4. The van der Waals surface area contributed by atoms with E-state index in [1.54, 1.807) is 19.1 Å². The molecule has 0 aliphatic carbocycles. The van der Waals surface area contributed by atoms with Gasteiger partial charge >= 0.3 is 0 Å². The molecule has 0 amide bonds. The molecule has 98 valence electrons. The minimum absolute atomic E-state index is 0.184. The number of nitro benzene ring substituents is 1. The Balaban J connectivity index is 2.10. The van der Waals surface area contributed by atoms with Crippen LogP contribution in [0.15, 0.2) is 18.2 Å². The Bertz CT molecular complexity index is 456. The van der Waals surface area contributed by atoms with Gasteiger partial charge in [0.2, 0.25) is 0 Å². The molecule has 18 heavy (non-hydrogen) atoms. The van der Waals surface area contributed by atoms with Crippen LogP contribution in [0.5, 0.6) is 0 Å². The van der Waals surface area contributed by atoms with E-state index in [0.29, 0.717) is 5.56 Å². The zero-order valence-corrected chi connectivity index (χ0v) is 11.5. The Labute approximate surface area is 111 Å². The molecule has 0 aromatic heterocycles. The van der Waals surface area contributed by atoms with Crippen molar-refractivity contribution >= 4 is 23.1 Å². The van der Waals surface area contributed by atoms with Crippen molar-refractivity contribution in [2.24, 2.45) is 0 Å².